The van der Waals surface area contributed by atoms with E-state index in [4.69, 9.17) is 10.5 Å². The van der Waals surface area contributed by atoms with Crippen LogP contribution >= 0.6 is 0 Å². The highest BCUT2D eigenvalue weighted by atomic mass is 16.5. The van der Waals surface area contributed by atoms with Gasteiger partial charge in [0.25, 0.3) is 0 Å². The standard InChI is InChI=1S/C15H22N2O2/c1-2-19-15(18)8-5-9-17-14-10-13(16)11-6-3-4-7-12(11)14/h3-4,6-7,13-14,17H,2,5,8-10,16H2,1H3. The number of rotatable bonds is 6. The summed E-state index contributed by atoms with van der Waals surface area (Å²) in [5.41, 5.74) is 8.65. The molecule has 0 heterocycles. The van der Waals surface area contributed by atoms with Gasteiger partial charge in [-0.3, -0.25) is 4.79 Å². The molecule has 0 amide bonds. The Morgan fingerprint density at radius 2 is 2.16 bits per heavy atom. The van der Waals surface area contributed by atoms with Crippen LogP contribution in [0.1, 0.15) is 49.4 Å². The molecule has 1 aromatic rings. The van der Waals surface area contributed by atoms with Gasteiger partial charge in [0, 0.05) is 18.5 Å². The molecular weight excluding hydrogens is 240 g/mol. The Bertz CT molecular complexity index is 434. The maximum atomic E-state index is 11.2. The SMILES string of the molecule is CCOC(=O)CCCNC1CC(N)c2ccccc21. The topological polar surface area (TPSA) is 64.3 Å². The van der Waals surface area contributed by atoms with E-state index in [9.17, 15) is 4.79 Å². The van der Waals surface area contributed by atoms with Crippen molar-refractivity contribution in [3.63, 3.8) is 0 Å². The molecule has 1 aromatic carbocycles. The van der Waals surface area contributed by atoms with Crippen molar-refractivity contribution in [3.8, 4) is 0 Å². The summed E-state index contributed by atoms with van der Waals surface area (Å²) in [6.45, 7) is 3.09. The lowest BCUT2D eigenvalue weighted by Gasteiger charge is -2.13. The molecule has 4 nitrogen and oxygen atoms in total. The van der Waals surface area contributed by atoms with Crippen molar-refractivity contribution in [3.05, 3.63) is 35.4 Å². The van der Waals surface area contributed by atoms with Gasteiger partial charge in [0.05, 0.1) is 6.61 Å². The van der Waals surface area contributed by atoms with E-state index in [0.29, 0.717) is 19.1 Å². The first-order valence-corrected chi connectivity index (χ1v) is 6.95. The summed E-state index contributed by atoms with van der Waals surface area (Å²) in [6.07, 6.45) is 2.20. The predicted octanol–water partition coefficient (Wildman–Crippen LogP) is 2.06. The van der Waals surface area contributed by atoms with Crippen molar-refractivity contribution in [1.29, 1.82) is 0 Å². The molecule has 0 aromatic heterocycles. The number of ether oxygens (including phenoxy) is 1. The van der Waals surface area contributed by atoms with Gasteiger partial charge in [-0.15, -0.1) is 0 Å². The van der Waals surface area contributed by atoms with Crippen molar-refractivity contribution in [2.75, 3.05) is 13.2 Å². The van der Waals surface area contributed by atoms with Crippen LogP contribution in [0.2, 0.25) is 0 Å². The van der Waals surface area contributed by atoms with Gasteiger partial charge in [-0.2, -0.15) is 0 Å². The summed E-state index contributed by atoms with van der Waals surface area (Å²) < 4.78 is 4.90. The minimum absolute atomic E-state index is 0.118. The lowest BCUT2D eigenvalue weighted by atomic mass is 10.1. The fourth-order valence-electron chi connectivity index (χ4n) is 2.61. The van der Waals surface area contributed by atoms with E-state index in [1.807, 2.05) is 19.1 Å². The number of nitrogens with two attached hydrogens (primary N) is 1. The number of fused-ring (bicyclic) bond motifs is 1. The van der Waals surface area contributed by atoms with Crippen molar-refractivity contribution in [2.24, 2.45) is 5.73 Å². The molecule has 0 saturated carbocycles. The molecule has 0 spiro atoms. The minimum Gasteiger partial charge on any atom is -0.466 e. The molecular formula is C15H22N2O2. The second-order valence-electron chi connectivity index (χ2n) is 4.89. The third-order valence-electron chi connectivity index (χ3n) is 3.51. The van der Waals surface area contributed by atoms with Crippen LogP contribution in [0.3, 0.4) is 0 Å². The Hall–Kier alpha value is -1.39. The van der Waals surface area contributed by atoms with Gasteiger partial charge < -0.3 is 15.8 Å². The maximum absolute atomic E-state index is 11.2. The maximum Gasteiger partial charge on any atom is 0.305 e. The highest BCUT2D eigenvalue weighted by molar-refractivity contribution is 5.69. The van der Waals surface area contributed by atoms with Gasteiger partial charge in [-0.25, -0.2) is 0 Å². The molecule has 2 atom stereocenters. The summed E-state index contributed by atoms with van der Waals surface area (Å²) in [5, 5.41) is 3.48. The van der Waals surface area contributed by atoms with Crippen LogP contribution < -0.4 is 11.1 Å². The highest BCUT2D eigenvalue weighted by Gasteiger charge is 2.27. The van der Waals surface area contributed by atoms with Crippen molar-refractivity contribution < 1.29 is 9.53 Å². The van der Waals surface area contributed by atoms with Crippen LogP contribution in [-0.4, -0.2) is 19.1 Å². The largest absolute Gasteiger partial charge is 0.466 e. The molecule has 1 aliphatic carbocycles. The molecule has 0 bridgehead atoms. The molecule has 2 unspecified atom stereocenters. The number of nitrogens with one attached hydrogen (secondary N) is 1. The summed E-state index contributed by atoms with van der Waals surface area (Å²) in [5.74, 6) is -0.118. The average Bonchev–Trinajstić information content (AvgIpc) is 2.73. The summed E-state index contributed by atoms with van der Waals surface area (Å²) in [7, 11) is 0. The van der Waals surface area contributed by atoms with Crippen molar-refractivity contribution in [2.45, 2.75) is 38.3 Å². The first-order valence-electron chi connectivity index (χ1n) is 6.95. The Morgan fingerprint density at radius 3 is 2.89 bits per heavy atom. The van der Waals surface area contributed by atoms with Gasteiger partial charge >= 0.3 is 5.97 Å². The quantitative estimate of drug-likeness (QED) is 0.608. The highest BCUT2D eigenvalue weighted by Crippen LogP contribution is 2.36. The smallest absolute Gasteiger partial charge is 0.305 e. The molecule has 0 radical (unpaired) electrons. The van der Waals surface area contributed by atoms with E-state index in [1.54, 1.807) is 0 Å². The van der Waals surface area contributed by atoms with Gasteiger partial charge in [-0.05, 0) is 37.4 Å². The Balaban J connectivity index is 1.77. The molecule has 19 heavy (non-hydrogen) atoms. The first kappa shape index (κ1) is 14.0. The number of hydrogen-bond donors (Lipinski definition) is 2. The molecule has 0 fully saturated rings. The van der Waals surface area contributed by atoms with Crippen LogP contribution in [0.25, 0.3) is 0 Å². The van der Waals surface area contributed by atoms with E-state index >= 15 is 0 Å². The zero-order chi connectivity index (χ0) is 13.7. The van der Waals surface area contributed by atoms with Gasteiger partial charge in [0.1, 0.15) is 0 Å². The van der Waals surface area contributed by atoms with Crippen LogP contribution in [-0.2, 0) is 9.53 Å². The fourth-order valence-corrected chi connectivity index (χ4v) is 2.61. The molecule has 104 valence electrons. The normalized spacial score (nSPS) is 21.2. The molecule has 3 N–H and O–H groups in total. The van der Waals surface area contributed by atoms with Gasteiger partial charge in [-0.1, -0.05) is 24.3 Å². The second-order valence-corrected chi connectivity index (χ2v) is 4.89. The first-order chi connectivity index (χ1) is 9.22. The van der Waals surface area contributed by atoms with E-state index < -0.39 is 0 Å². The fraction of sp³-hybridized carbons (Fsp3) is 0.533. The van der Waals surface area contributed by atoms with Gasteiger partial charge in [0.2, 0.25) is 0 Å². The van der Waals surface area contributed by atoms with Crippen LogP contribution in [0, 0.1) is 0 Å². The molecule has 0 aliphatic heterocycles. The van der Waals surface area contributed by atoms with Crippen molar-refractivity contribution >= 4 is 5.97 Å². The lowest BCUT2D eigenvalue weighted by molar-refractivity contribution is -0.143. The second kappa shape index (κ2) is 6.68. The van der Waals surface area contributed by atoms with E-state index in [-0.39, 0.29) is 12.0 Å². The Morgan fingerprint density at radius 1 is 1.42 bits per heavy atom. The van der Waals surface area contributed by atoms with E-state index in [1.165, 1.54) is 11.1 Å². The molecule has 1 aliphatic rings. The Kier molecular flexibility index (Phi) is 4.93. The zero-order valence-electron chi connectivity index (χ0n) is 11.4. The minimum atomic E-state index is -0.118. The third-order valence-corrected chi connectivity index (χ3v) is 3.51. The van der Waals surface area contributed by atoms with Crippen LogP contribution in [0.5, 0.6) is 0 Å². The van der Waals surface area contributed by atoms with E-state index in [0.717, 1.165) is 19.4 Å². The van der Waals surface area contributed by atoms with Crippen LogP contribution in [0.15, 0.2) is 24.3 Å². The van der Waals surface area contributed by atoms with Crippen molar-refractivity contribution in [1.82, 2.24) is 5.32 Å². The average molecular weight is 262 g/mol. The summed E-state index contributed by atoms with van der Waals surface area (Å²) >= 11 is 0. The third kappa shape index (κ3) is 3.55. The Labute approximate surface area is 114 Å². The summed E-state index contributed by atoms with van der Waals surface area (Å²) in [6, 6.07) is 8.74. The number of benzene rings is 1. The molecule has 4 heteroatoms. The summed E-state index contributed by atoms with van der Waals surface area (Å²) in [4.78, 5) is 11.2. The van der Waals surface area contributed by atoms with Gasteiger partial charge in [0.15, 0.2) is 0 Å². The molecule has 0 saturated heterocycles. The van der Waals surface area contributed by atoms with Crippen LogP contribution in [0.4, 0.5) is 0 Å². The number of esters is 1. The predicted molar refractivity (Wildman–Crippen MR) is 74.6 cm³/mol. The number of carbonyl (C=O) groups excluding carboxylic acids is 1. The lowest BCUT2D eigenvalue weighted by Crippen LogP contribution is -2.22. The monoisotopic (exact) mass is 262 g/mol. The number of hydrogen-bond acceptors (Lipinski definition) is 4. The zero-order valence-corrected chi connectivity index (χ0v) is 11.4. The molecule has 2 rings (SSSR count). The number of carbonyl (C=O) groups is 1. The van der Waals surface area contributed by atoms with E-state index in [2.05, 4.69) is 17.4 Å².